The Morgan fingerprint density at radius 1 is 1.47 bits per heavy atom. The van der Waals surface area contributed by atoms with Crippen LogP contribution in [0, 0.1) is 0 Å². The molecule has 2 rings (SSSR count). The van der Waals surface area contributed by atoms with E-state index < -0.39 is 0 Å². The highest BCUT2D eigenvalue weighted by molar-refractivity contribution is 7.99. The summed E-state index contributed by atoms with van der Waals surface area (Å²) >= 11 is 2.12. The quantitative estimate of drug-likeness (QED) is 0.875. The van der Waals surface area contributed by atoms with Gasteiger partial charge in [-0.05, 0) is 26.0 Å². The summed E-state index contributed by atoms with van der Waals surface area (Å²) < 4.78 is 1.88. The van der Waals surface area contributed by atoms with Crippen molar-refractivity contribution in [3.63, 3.8) is 0 Å². The van der Waals surface area contributed by atoms with Crippen LogP contribution in [0.4, 0.5) is 0 Å². The van der Waals surface area contributed by atoms with Gasteiger partial charge in [-0.1, -0.05) is 19.3 Å². The van der Waals surface area contributed by atoms with E-state index in [9.17, 15) is 0 Å². The van der Waals surface area contributed by atoms with Crippen LogP contribution in [-0.2, 0) is 7.05 Å². The van der Waals surface area contributed by atoms with Crippen molar-refractivity contribution in [1.29, 1.82) is 0 Å². The van der Waals surface area contributed by atoms with Gasteiger partial charge in [-0.25, -0.2) is 0 Å². The highest BCUT2D eigenvalue weighted by Gasteiger charge is 2.18. The van der Waals surface area contributed by atoms with Gasteiger partial charge in [0.2, 0.25) is 0 Å². The van der Waals surface area contributed by atoms with E-state index >= 15 is 0 Å². The lowest BCUT2D eigenvalue weighted by Crippen LogP contribution is -2.21. The van der Waals surface area contributed by atoms with Crippen molar-refractivity contribution < 1.29 is 0 Å². The molecule has 1 aliphatic rings. The molecule has 1 heterocycles. The van der Waals surface area contributed by atoms with E-state index in [1.54, 1.807) is 0 Å². The van der Waals surface area contributed by atoms with E-state index in [1.165, 1.54) is 37.8 Å². The number of thioether (sulfide) groups is 1. The maximum absolute atomic E-state index is 4.49. The van der Waals surface area contributed by atoms with Gasteiger partial charge in [0.1, 0.15) is 0 Å². The van der Waals surface area contributed by atoms with Gasteiger partial charge in [-0.3, -0.25) is 4.68 Å². The largest absolute Gasteiger partial charge is 0.311 e. The first-order valence-corrected chi connectivity index (χ1v) is 7.63. The first kappa shape index (κ1) is 13.0. The maximum atomic E-state index is 4.49. The Kier molecular flexibility index (Phi) is 4.92. The lowest BCUT2D eigenvalue weighted by atomic mass is 10.0. The lowest BCUT2D eigenvalue weighted by Gasteiger charge is -2.23. The minimum Gasteiger partial charge on any atom is -0.311 e. The van der Waals surface area contributed by atoms with Crippen LogP contribution in [0.3, 0.4) is 0 Å². The SMILES string of the molecule is CNC(CSC1CCCCC1)c1ccn(C)n1. The number of hydrogen-bond donors (Lipinski definition) is 1. The van der Waals surface area contributed by atoms with Crippen LogP contribution >= 0.6 is 11.8 Å². The Balaban J connectivity index is 1.82. The predicted octanol–water partition coefficient (Wildman–Crippen LogP) is 2.75. The zero-order valence-electron chi connectivity index (χ0n) is 10.9. The van der Waals surface area contributed by atoms with Gasteiger partial charge in [-0.2, -0.15) is 16.9 Å². The average Bonchev–Trinajstić information content (AvgIpc) is 2.78. The summed E-state index contributed by atoms with van der Waals surface area (Å²) in [5, 5.41) is 8.74. The molecule has 1 aromatic rings. The molecule has 0 radical (unpaired) electrons. The van der Waals surface area contributed by atoms with Crippen molar-refractivity contribution in [3.05, 3.63) is 18.0 Å². The maximum Gasteiger partial charge on any atom is 0.0802 e. The second-order valence-corrected chi connectivity index (χ2v) is 6.18. The Morgan fingerprint density at radius 3 is 2.82 bits per heavy atom. The molecule has 0 spiro atoms. The smallest absolute Gasteiger partial charge is 0.0802 e. The fourth-order valence-electron chi connectivity index (χ4n) is 2.40. The van der Waals surface area contributed by atoms with E-state index in [-0.39, 0.29) is 0 Å². The number of hydrogen-bond acceptors (Lipinski definition) is 3. The number of rotatable bonds is 5. The summed E-state index contributed by atoms with van der Waals surface area (Å²) in [6, 6.07) is 2.51. The van der Waals surface area contributed by atoms with E-state index in [2.05, 4.69) is 28.2 Å². The summed E-state index contributed by atoms with van der Waals surface area (Å²) in [6.45, 7) is 0. The zero-order valence-corrected chi connectivity index (χ0v) is 11.7. The van der Waals surface area contributed by atoms with Crippen LogP contribution in [0.5, 0.6) is 0 Å². The van der Waals surface area contributed by atoms with Crippen molar-refractivity contribution in [2.75, 3.05) is 12.8 Å². The molecule has 1 aliphatic carbocycles. The van der Waals surface area contributed by atoms with Crippen LogP contribution < -0.4 is 5.32 Å². The summed E-state index contributed by atoms with van der Waals surface area (Å²) in [6.07, 6.45) is 9.11. The topological polar surface area (TPSA) is 29.9 Å². The third-order valence-electron chi connectivity index (χ3n) is 3.49. The van der Waals surface area contributed by atoms with Crippen molar-refractivity contribution in [1.82, 2.24) is 15.1 Å². The number of nitrogens with zero attached hydrogens (tertiary/aromatic N) is 2. The van der Waals surface area contributed by atoms with Crippen LogP contribution in [0.25, 0.3) is 0 Å². The molecule has 3 nitrogen and oxygen atoms in total. The third-order valence-corrected chi connectivity index (χ3v) is 4.96. The van der Waals surface area contributed by atoms with Gasteiger partial charge < -0.3 is 5.32 Å². The van der Waals surface area contributed by atoms with Crippen molar-refractivity contribution in [2.24, 2.45) is 7.05 Å². The summed E-state index contributed by atoms with van der Waals surface area (Å²) in [5.41, 5.74) is 1.17. The molecule has 0 amide bonds. The Bertz CT molecular complexity index is 331. The van der Waals surface area contributed by atoms with Crippen LogP contribution in [0.15, 0.2) is 12.3 Å². The Labute approximate surface area is 108 Å². The molecule has 1 aromatic heterocycles. The second kappa shape index (κ2) is 6.45. The van der Waals surface area contributed by atoms with Gasteiger partial charge >= 0.3 is 0 Å². The summed E-state index contributed by atoms with van der Waals surface area (Å²) in [7, 11) is 4.01. The fraction of sp³-hybridized carbons (Fsp3) is 0.769. The standard InChI is InChI=1S/C13H23N3S/c1-14-13(12-8-9-16(2)15-12)10-17-11-6-4-3-5-7-11/h8-9,11,13-14H,3-7,10H2,1-2H3. The van der Waals surface area contributed by atoms with Gasteiger partial charge in [0.25, 0.3) is 0 Å². The molecule has 1 atom stereocenters. The first-order chi connectivity index (χ1) is 8.29. The molecular formula is C13H23N3S. The third kappa shape index (κ3) is 3.75. The van der Waals surface area contributed by atoms with Crippen LogP contribution in [0.2, 0.25) is 0 Å². The van der Waals surface area contributed by atoms with Gasteiger partial charge in [0.15, 0.2) is 0 Å². The fourth-order valence-corrected chi connectivity index (χ4v) is 3.87. The van der Waals surface area contributed by atoms with E-state index in [0.29, 0.717) is 6.04 Å². The highest BCUT2D eigenvalue weighted by Crippen LogP contribution is 2.30. The van der Waals surface area contributed by atoms with Crippen molar-refractivity contribution in [2.45, 2.75) is 43.4 Å². The Hall–Kier alpha value is -0.480. The van der Waals surface area contributed by atoms with E-state index in [0.717, 1.165) is 11.0 Å². The second-order valence-electron chi connectivity index (χ2n) is 4.85. The average molecular weight is 253 g/mol. The lowest BCUT2D eigenvalue weighted by molar-refractivity contribution is 0.514. The van der Waals surface area contributed by atoms with Crippen molar-refractivity contribution in [3.8, 4) is 0 Å². The molecule has 4 heteroatoms. The molecular weight excluding hydrogens is 230 g/mol. The summed E-state index contributed by atoms with van der Waals surface area (Å²) in [5.74, 6) is 1.14. The monoisotopic (exact) mass is 253 g/mol. The van der Waals surface area contributed by atoms with Crippen LogP contribution in [-0.4, -0.2) is 27.8 Å². The van der Waals surface area contributed by atoms with Gasteiger partial charge in [0.05, 0.1) is 11.7 Å². The van der Waals surface area contributed by atoms with Gasteiger partial charge in [-0.15, -0.1) is 0 Å². The van der Waals surface area contributed by atoms with Gasteiger partial charge in [0, 0.05) is 24.2 Å². The number of aryl methyl sites for hydroxylation is 1. The molecule has 96 valence electrons. The molecule has 1 saturated carbocycles. The molecule has 0 saturated heterocycles. The molecule has 1 fully saturated rings. The number of aromatic nitrogens is 2. The molecule has 0 bridgehead atoms. The molecule has 1 unspecified atom stereocenters. The van der Waals surface area contributed by atoms with Crippen LogP contribution in [0.1, 0.15) is 43.8 Å². The molecule has 1 N–H and O–H groups in total. The predicted molar refractivity (Wildman–Crippen MR) is 74.3 cm³/mol. The summed E-state index contributed by atoms with van der Waals surface area (Å²) in [4.78, 5) is 0. The number of nitrogens with one attached hydrogen (secondary N) is 1. The first-order valence-electron chi connectivity index (χ1n) is 6.58. The minimum absolute atomic E-state index is 0.392. The van der Waals surface area contributed by atoms with Crippen molar-refractivity contribution >= 4 is 11.8 Å². The molecule has 0 aromatic carbocycles. The van der Waals surface area contributed by atoms with E-state index in [1.807, 2.05) is 25.0 Å². The molecule has 17 heavy (non-hydrogen) atoms. The molecule has 0 aliphatic heterocycles. The Morgan fingerprint density at radius 2 is 2.24 bits per heavy atom. The minimum atomic E-state index is 0.392. The highest BCUT2D eigenvalue weighted by atomic mass is 32.2. The normalized spacial score (nSPS) is 19.4. The van der Waals surface area contributed by atoms with E-state index in [4.69, 9.17) is 0 Å². The zero-order chi connectivity index (χ0) is 12.1.